The molecule has 0 aromatic heterocycles. The van der Waals surface area contributed by atoms with Gasteiger partial charge < -0.3 is 33.8 Å². The zero-order valence-corrected chi connectivity index (χ0v) is 59.2. The number of allylic oxidation sites excluding steroid dienone is 4. The number of aliphatic hydroxyl groups excluding tert-OH is 1. The van der Waals surface area contributed by atoms with E-state index >= 15 is 0 Å². The van der Waals surface area contributed by atoms with E-state index in [-0.39, 0.29) is 25.7 Å². The molecule has 6 atom stereocenters. The third-order valence-corrected chi connectivity index (χ3v) is 17.8. The molecule has 0 rings (SSSR count). The average molecular weight is 1310 g/mol. The van der Waals surface area contributed by atoms with Crippen molar-refractivity contribution in [1.82, 2.24) is 0 Å². The summed E-state index contributed by atoms with van der Waals surface area (Å²) in [4.78, 5) is 72.5. The number of unbranched alkanes of at least 4 members (excludes halogenated alkanes) is 30. The second-order valence-corrected chi connectivity index (χ2v) is 28.7. The second kappa shape index (κ2) is 60.5. The summed E-state index contributed by atoms with van der Waals surface area (Å²) in [6.07, 6.45) is 46.7. The summed E-state index contributed by atoms with van der Waals surface area (Å²) in [7, 11) is -9.91. The number of hydrogen-bond donors (Lipinski definition) is 3. The topological polar surface area (TPSA) is 237 Å². The van der Waals surface area contributed by atoms with E-state index in [0.717, 1.165) is 121 Å². The minimum atomic E-state index is -4.96. The van der Waals surface area contributed by atoms with Crippen LogP contribution in [0.3, 0.4) is 0 Å². The first kappa shape index (κ1) is 86.5. The smallest absolute Gasteiger partial charge is 0.462 e. The highest BCUT2D eigenvalue weighted by Gasteiger charge is 2.30. The van der Waals surface area contributed by atoms with Crippen LogP contribution in [0.25, 0.3) is 0 Å². The van der Waals surface area contributed by atoms with Crippen LogP contribution in [-0.2, 0) is 65.4 Å². The Morgan fingerprint density at radius 1 is 0.371 bits per heavy atom. The van der Waals surface area contributed by atoms with Gasteiger partial charge in [-0.3, -0.25) is 37.3 Å². The van der Waals surface area contributed by atoms with Gasteiger partial charge in [-0.2, -0.15) is 0 Å². The normalized spacial score (nSPS) is 14.7. The van der Waals surface area contributed by atoms with Gasteiger partial charge in [0.25, 0.3) is 0 Å². The van der Waals surface area contributed by atoms with E-state index in [9.17, 15) is 43.2 Å². The van der Waals surface area contributed by atoms with Gasteiger partial charge in [-0.25, -0.2) is 9.13 Å². The van der Waals surface area contributed by atoms with E-state index in [1.54, 1.807) is 0 Å². The van der Waals surface area contributed by atoms with Crippen LogP contribution in [0.5, 0.6) is 0 Å². The molecule has 0 aliphatic carbocycles. The van der Waals surface area contributed by atoms with Gasteiger partial charge in [-0.1, -0.05) is 272 Å². The molecular weight excluding hydrogens is 1170 g/mol. The van der Waals surface area contributed by atoms with E-state index < -0.39 is 97.5 Å². The maximum Gasteiger partial charge on any atom is 0.472 e. The maximum absolute atomic E-state index is 13.0. The Morgan fingerprint density at radius 3 is 1.00 bits per heavy atom. The molecule has 0 aromatic carbocycles. The minimum Gasteiger partial charge on any atom is -0.462 e. The summed E-state index contributed by atoms with van der Waals surface area (Å²) >= 11 is 0. The van der Waals surface area contributed by atoms with Gasteiger partial charge in [0.2, 0.25) is 0 Å². The number of phosphoric acid groups is 2. The quantitative estimate of drug-likeness (QED) is 0.0169. The third-order valence-electron chi connectivity index (χ3n) is 15.9. The highest BCUT2D eigenvalue weighted by molar-refractivity contribution is 7.47. The Balaban J connectivity index is 5.28. The molecule has 0 amide bonds. The van der Waals surface area contributed by atoms with Crippen molar-refractivity contribution in [2.75, 3.05) is 39.6 Å². The Kier molecular flexibility index (Phi) is 58.8. The number of ether oxygens (including phenoxy) is 4. The van der Waals surface area contributed by atoms with Crippen molar-refractivity contribution in [3.8, 4) is 0 Å². The van der Waals surface area contributed by atoms with Gasteiger partial charge in [-0.05, 0) is 69.1 Å². The molecular formula is C70H132O17P2. The van der Waals surface area contributed by atoms with Crippen LogP contribution in [0.15, 0.2) is 24.3 Å². The molecule has 0 radical (unpaired) electrons. The van der Waals surface area contributed by atoms with Crippen molar-refractivity contribution in [2.24, 2.45) is 17.8 Å². The van der Waals surface area contributed by atoms with Crippen LogP contribution in [0.2, 0.25) is 0 Å². The third kappa shape index (κ3) is 62.7. The van der Waals surface area contributed by atoms with Gasteiger partial charge in [0.05, 0.1) is 26.4 Å². The number of carbonyl (C=O) groups excluding carboxylic acids is 4. The first-order valence-electron chi connectivity index (χ1n) is 35.7. The number of carbonyl (C=O) groups is 4. The number of aliphatic hydroxyl groups is 1. The lowest BCUT2D eigenvalue weighted by Crippen LogP contribution is -2.30. The minimum absolute atomic E-state index is 0.0834. The molecule has 3 unspecified atom stereocenters. The summed E-state index contributed by atoms with van der Waals surface area (Å²) in [5, 5.41) is 10.6. The van der Waals surface area contributed by atoms with Crippen LogP contribution in [0, 0.1) is 17.8 Å². The van der Waals surface area contributed by atoms with E-state index in [1.807, 2.05) is 0 Å². The van der Waals surface area contributed by atoms with Gasteiger partial charge in [0, 0.05) is 25.7 Å². The molecule has 0 saturated heterocycles. The van der Waals surface area contributed by atoms with Crippen molar-refractivity contribution in [1.29, 1.82) is 0 Å². The van der Waals surface area contributed by atoms with E-state index in [0.29, 0.717) is 31.6 Å². The summed E-state index contributed by atoms with van der Waals surface area (Å²) < 4.78 is 68.2. The van der Waals surface area contributed by atoms with Crippen LogP contribution < -0.4 is 0 Å². The molecule has 19 heteroatoms. The molecule has 17 nitrogen and oxygen atoms in total. The molecule has 524 valence electrons. The van der Waals surface area contributed by atoms with Crippen LogP contribution in [0.4, 0.5) is 0 Å². The lowest BCUT2D eigenvalue weighted by molar-refractivity contribution is -0.161. The van der Waals surface area contributed by atoms with E-state index in [2.05, 4.69) is 72.8 Å². The number of hydrogen-bond acceptors (Lipinski definition) is 15. The molecule has 3 N–H and O–H groups in total. The van der Waals surface area contributed by atoms with Crippen molar-refractivity contribution in [3.05, 3.63) is 24.3 Å². The van der Waals surface area contributed by atoms with Crippen molar-refractivity contribution >= 4 is 39.5 Å². The number of phosphoric ester groups is 2. The summed E-state index contributed by atoms with van der Waals surface area (Å²) in [6.45, 7) is 11.7. The van der Waals surface area contributed by atoms with Crippen LogP contribution in [-0.4, -0.2) is 96.7 Å². The van der Waals surface area contributed by atoms with Gasteiger partial charge in [-0.15, -0.1) is 0 Å². The first-order chi connectivity index (χ1) is 42.8. The lowest BCUT2D eigenvalue weighted by atomic mass is 9.99. The average Bonchev–Trinajstić information content (AvgIpc) is 3.58. The Hall–Kier alpha value is -2.46. The first-order valence-corrected chi connectivity index (χ1v) is 38.7. The fourth-order valence-electron chi connectivity index (χ4n) is 9.97. The SMILES string of the molecule is CCCCCC/C=C\C=C/CCCCCCCC(=O)O[C@H](COC(=O)CCCCCCCCC(C)C)COP(=O)(O)OC[C@H](O)COP(=O)(O)OC[C@@H](COC(=O)CCCCCCCCCCC(C)C)OC(=O)CCCCCCCCCCCCC(C)CC. The molecule has 0 aliphatic rings. The molecule has 89 heavy (non-hydrogen) atoms. The zero-order chi connectivity index (χ0) is 65.9. The molecule has 0 heterocycles. The number of rotatable bonds is 66. The zero-order valence-electron chi connectivity index (χ0n) is 57.4. The summed E-state index contributed by atoms with van der Waals surface area (Å²) in [5.41, 5.74) is 0. The van der Waals surface area contributed by atoms with Crippen LogP contribution in [0.1, 0.15) is 325 Å². The molecule has 0 aromatic rings. The Bertz CT molecular complexity index is 1840. The second-order valence-electron chi connectivity index (χ2n) is 25.8. The van der Waals surface area contributed by atoms with E-state index in [1.165, 1.54) is 116 Å². The van der Waals surface area contributed by atoms with E-state index in [4.69, 9.17) is 37.0 Å². The highest BCUT2D eigenvalue weighted by atomic mass is 31.2. The van der Waals surface area contributed by atoms with Crippen molar-refractivity contribution in [2.45, 2.75) is 343 Å². The standard InChI is InChI=1S/C70H132O17P2/c1-8-10-11-12-13-14-15-16-17-18-19-23-30-39-46-53-69(74)87-66(58-81-68(73)52-45-38-33-32-35-42-49-62(5)6)60-85-89(78,79)83-56-64(71)55-82-88(76,77)84-59-65(57-80-67(72)51-44-37-29-26-25-27-34-41-48-61(3)4)86-70(75)54-47-40-31-24-21-20-22-28-36-43-50-63(7)9-2/h14-17,61-66,71H,8-13,18-60H2,1-7H3,(H,76,77)(H,78,79)/b15-14-,17-16-/t63?,64-,65-,66-/m1/s1. The summed E-state index contributed by atoms with van der Waals surface area (Å²) in [5.74, 6) is 0.0420. The number of esters is 4. The molecule has 0 fully saturated rings. The molecule has 0 spiro atoms. The van der Waals surface area contributed by atoms with Crippen LogP contribution >= 0.6 is 15.6 Å². The van der Waals surface area contributed by atoms with Crippen molar-refractivity contribution < 1.29 is 80.2 Å². The Labute approximate surface area is 542 Å². The monoisotopic (exact) mass is 1310 g/mol. The highest BCUT2D eigenvalue weighted by Crippen LogP contribution is 2.45. The lowest BCUT2D eigenvalue weighted by Gasteiger charge is -2.21. The summed E-state index contributed by atoms with van der Waals surface area (Å²) in [6, 6.07) is 0. The maximum atomic E-state index is 13.0. The predicted octanol–water partition coefficient (Wildman–Crippen LogP) is 19.4. The van der Waals surface area contributed by atoms with Crippen molar-refractivity contribution in [3.63, 3.8) is 0 Å². The fourth-order valence-corrected chi connectivity index (χ4v) is 11.5. The Morgan fingerprint density at radius 2 is 0.663 bits per heavy atom. The predicted molar refractivity (Wildman–Crippen MR) is 358 cm³/mol. The molecule has 0 bridgehead atoms. The van der Waals surface area contributed by atoms with Gasteiger partial charge in [0.15, 0.2) is 12.2 Å². The molecule has 0 saturated carbocycles. The van der Waals surface area contributed by atoms with Gasteiger partial charge >= 0.3 is 39.5 Å². The largest absolute Gasteiger partial charge is 0.472 e. The fraction of sp³-hybridized carbons (Fsp3) is 0.886. The van der Waals surface area contributed by atoms with Gasteiger partial charge in [0.1, 0.15) is 19.3 Å². The molecule has 0 aliphatic heterocycles.